The molecule has 1 aliphatic rings. The maximum atomic E-state index is 12.1. The lowest BCUT2D eigenvalue weighted by molar-refractivity contribution is -0.122. The van der Waals surface area contributed by atoms with Crippen molar-refractivity contribution in [2.45, 2.75) is 18.4 Å². The second-order valence-electron chi connectivity index (χ2n) is 5.43. The molecule has 0 radical (unpaired) electrons. The highest BCUT2D eigenvalue weighted by Crippen LogP contribution is 2.47. The minimum atomic E-state index is -0.846. The van der Waals surface area contributed by atoms with E-state index >= 15 is 0 Å². The summed E-state index contributed by atoms with van der Waals surface area (Å²) in [6.07, 6.45) is 1.54. The molecule has 3 atom stereocenters. The molecule has 1 aromatic heterocycles. The summed E-state index contributed by atoms with van der Waals surface area (Å²) in [7, 11) is 0. The third-order valence-corrected chi connectivity index (χ3v) is 4.21. The van der Waals surface area contributed by atoms with Crippen LogP contribution in [0, 0.1) is 5.92 Å². The van der Waals surface area contributed by atoms with Crippen LogP contribution in [-0.4, -0.2) is 17.6 Å². The molecule has 1 fully saturated rings. The molecule has 1 heterocycles. The van der Waals surface area contributed by atoms with Crippen LogP contribution in [0.2, 0.25) is 10.0 Å². The molecule has 2 aromatic rings. The molecule has 3 rings (SSSR count). The van der Waals surface area contributed by atoms with Crippen LogP contribution in [0.5, 0.6) is 0 Å². The van der Waals surface area contributed by atoms with Crippen LogP contribution in [0.25, 0.3) is 0 Å². The largest absolute Gasteiger partial charge is 0.469 e. The molecular formula is C16H15Cl2NO3. The van der Waals surface area contributed by atoms with Gasteiger partial charge in [-0.2, -0.15) is 0 Å². The van der Waals surface area contributed by atoms with Crippen LogP contribution in [0.4, 0.5) is 0 Å². The van der Waals surface area contributed by atoms with Crippen molar-refractivity contribution >= 4 is 29.1 Å². The highest BCUT2D eigenvalue weighted by Gasteiger charge is 2.45. The van der Waals surface area contributed by atoms with Crippen molar-refractivity contribution in [2.24, 2.45) is 5.92 Å². The maximum Gasteiger partial charge on any atom is 0.223 e. The molecule has 1 aromatic carbocycles. The molecule has 4 nitrogen and oxygen atoms in total. The lowest BCUT2D eigenvalue weighted by Gasteiger charge is -2.13. The zero-order valence-electron chi connectivity index (χ0n) is 11.6. The van der Waals surface area contributed by atoms with Crippen LogP contribution in [0.1, 0.15) is 29.8 Å². The zero-order chi connectivity index (χ0) is 15.7. The number of benzene rings is 1. The molecule has 3 unspecified atom stereocenters. The number of aliphatic hydroxyl groups is 1. The second-order valence-corrected chi connectivity index (χ2v) is 6.30. The third kappa shape index (κ3) is 3.46. The molecule has 0 spiro atoms. The fourth-order valence-corrected chi connectivity index (χ4v) is 3.06. The summed E-state index contributed by atoms with van der Waals surface area (Å²) >= 11 is 11.8. The van der Waals surface area contributed by atoms with Crippen molar-refractivity contribution in [3.63, 3.8) is 0 Å². The Labute approximate surface area is 138 Å². The molecule has 1 aliphatic carbocycles. The monoisotopic (exact) mass is 339 g/mol. The Morgan fingerprint density at radius 3 is 2.73 bits per heavy atom. The van der Waals surface area contributed by atoms with E-state index in [1.165, 1.54) is 0 Å². The van der Waals surface area contributed by atoms with Gasteiger partial charge >= 0.3 is 0 Å². The normalized spacial score (nSPS) is 21.4. The first-order valence-corrected chi connectivity index (χ1v) is 7.75. The van der Waals surface area contributed by atoms with Gasteiger partial charge in [-0.3, -0.25) is 4.79 Å². The van der Waals surface area contributed by atoms with Crippen molar-refractivity contribution in [1.29, 1.82) is 0 Å². The van der Waals surface area contributed by atoms with E-state index in [9.17, 15) is 9.90 Å². The lowest BCUT2D eigenvalue weighted by atomic mass is 10.1. The number of hydrogen-bond donors (Lipinski definition) is 2. The van der Waals surface area contributed by atoms with E-state index in [2.05, 4.69) is 5.32 Å². The summed E-state index contributed by atoms with van der Waals surface area (Å²) < 4.78 is 5.30. The number of hydrogen-bond acceptors (Lipinski definition) is 3. The predicted octanol–water partition coefficient (Wildman–Crippen LogP) is 3.54. The Bertz CT molecular complexity index is 652. The predicted molar refractivity (Wildman–Crippen MR) is 84.0 cm³/mol. The van der Waals surface area contributed by atoms with Gasteiger partial charge < -0.3 is 14.8 Å². The first-order chi connectivity index (χ1) is 10.5. The Kier molecular flexibility index (Phi) is 4.43. The number of carbonyl (C=O) groups excluding carboxylic acids is 1. The quantitative estimate of drug-likeness (QED) is 0.875. The molecule has 2 N–H and O–H groups in total. The summed E-state index contributed by atoms with van der Waals surface area (Å²) in [6.45, 7) is 0.122. The number of nitrogens with one attached hydrogen (secondary N) is 1. The summed E-state index contributed by atoms with van der Waals surface area (Å²) in [5, 5.41) is 13.8. The van der Waals surface area contributed by atoms with Crippen LogP contribution in [0.15, 0.2) is 41.0 Å². The standard InChI is InChI=1S/C16H15Cl2NO3/c17-10-4-9(5-11(18)6-10)14(20)8-19-16(21)13-7-12(13)15-2-1-3-22-15/h1-6,12-14,20H,7-8H2,(H,19,21). The molecule has 0 bridgehead atoms. The SMILES string of the molecule is O=C(NCC(O)c1cc(Cl)cc(Cl)c1)C1CC1c1ccco1. The highest BCUT2D eigenvalue weighted by atomic mass is 35.5. The number of halogens is 2. The first-order valence-electron chi connectivity index (χ1n) is 7.00. The number of aliphatic hydroxyl groups excluding tert-OH is 1. The average molecular weight is 340 g/mol. The minimum Gasteiger partial charge on any atom is -0.469 e. The summed E-state index contributed by atoms with van der Waals surface area (Å²) in [6, 6.07) is 8.55. The van der Waals surface area contributed by atoms with E-state index in [1.807, 2.05) is 12.1 Å². The van der Waals surface area contributed by atoms with Gasteiger partial charge in [-0.15, -0.1) is 0 Å². The van der Waals surface area contributed by atoms with Crippen LogP contribution in [-0.2, 0) is 4.79 Å². The summed E-state index contributed by atoms with van der Waals surface area (Å²) in [5.41, 5.74) is 0.580. The fraction of sp³-hybridized carbons (Fsp3) is 0.312. The van der Waals surface area contributed by atoms with Gasteiger partial charge in [-0.25, -0.2) is 0 Å². The van der Waals surface area contributed by atoms with E-state index in [0.29, 0.717) is 15.6 Å². The molecule has 116 valence electrons. The van der Waals surface area contributed by atoms with Gasteiger partial charge in [0.25, 0.3) is 0 Å². The highest BCUT2D eigenvalue weighted by molar-refractivity contribution is 6.34. The Hall–Kier alpha value is -1.49. The van der Waals surface area contributed by atoms with Gasteiger partial charge in [0, 0.05) is 28.4 Å². The van der Waals surface area contributed by atoms with E-state index < -0.39 is 6.10 Å². The second kappa shape index (κ2) is 6.32. The van der Waals surface area contributed by atoms with E-state index in [0.717, 1.165) is 12.2 Å². The van der Waals surface area contributed by atoms with Gasteiger partial charge in [0.1, 0.15) is 5.76 Å². The van der Waals surface area contributed by atoms with Gasteiger partial charge in [0.15, 0.2) is 0 Å². The molecule has 0 saturated heterocycles. The average Bonchev–Trinajstić information content (AvgIpc) is 3.09. The van der Waals surface area contributed by atoms with Crippen molar-refractivity contribution in [3.8, 4) is 0 Å². The van der Waals surface area contributed by atoms with Gasteiger partial charge in [-0.1, -0.05) is 23.2 Å². The molecule has 6 heteroatoms. The van der Waals surface area contributed by atoms with Gasteiger partial charge in [0.05, 0.1) is 12.4 Å². The maximum absolute atomic E-state index is 12.1. The number of furan rings is 1. The fourth-order valence-electron chi connectivity index (χ4n) is 2.52. The summed E-state index contributed by atoms with van der Waals surface area (Å²) in [4.78, 5) is 12.1. The first kappa shape index (κ1) is 15.4. The molecule has 1 saturated carbocycles. The number of rotatable bonds is 5. The lowest BCUT2D eigenvalue weighted by Crippen LogP contribution is -2.30. The Morgan fingerprint density at radius 1 is 1.36 bits per heavy atom. The third-order valence-electron chi connectivity index (χ3n) is 3.78. The van der Waals surface area contributed by atoms with Crippen LogP contribution < -0.4 is 5.32 Å². The molecule has 0 aliphatic heterocycles. The molecule has 22 heavy (non-hydrogen) atoms. The van der Waals surface area contributed by atoms with Crippen molar-refractivity contribution < 1.29 is 14.3 Å². The zero-order valence-corrected chi connectivity index (χ0v) is 13.1. The van der Waals surface area contributed by atoms with E-state index in [1.54, 1.807) is 24.5 Å². The smallest absolute Gasteiger partial charge is 0.223 e. The molecule has 1 amide bonds. The van der Waals surface area contributed by atoms with E-state index in [4.69, 9.17) is 27.6 Å². The van der Waals surface area contributed by atoms with Crippen molar-refractivity contribution in [2.75, 3.05) is 6.54 Å². The Morgan fingerprint density at radius 2 is 2.09 bits per heavy atom. The number of amides is 1. The van der Waals surface area contributed by atoms with Crippen LogP contribution >= 0.6 is 23.2 Å². The number of carbonyl (C=O) groups is 1. The van der Waals surface area contributed by atoms with Crippen molar-refractivity contribution in [1.82, 2.24) is 5.32 Å². The summed E-state index contributed by atoms with van der Waals surface area (Å²) in [5.74, 6) is 0.824. The minimum absolute atomic E-state index is 0.0754. The van der Waals surface area contributed by atoms with Crippen LogP contribution in [0.3, 0.4) is 0 Å². The van der Waals surface area contributed by atoms with E-state index in [-0.39, 0.29) is 24.3 Å². The van der Waals surface area contributed by atoms with Gasteiger partial charge in [-0.05, 0) is 42.3 Å². The molecular weight excluding hydrogens is 325 g/mol. The van der Waals surface area contributed by atoms with Gasteiger partial charge in [0.2, 0.25) is 5.91 Å². The topological polar surface area (TPSA) is 62.5 Å². The van der Waals surface area contributed by atoms with Crippen molar-refractivity contribution in [3.05, 3.63) is 58.0 Å². The Balaban J connectivity index is 1.53.